The molecular formula is C41H34N4. The lowest BCUT2D eigenvalue weighted by molar-refractivity contribution is 0.719. The van der Waals surface area contributed by atoms with Gasteiger partial charge in [0, 0.05) is 57.1 Å². The number of hydrogen-bond donors (Lipinski definition) is 0. The quantitative estimate of drug-likeness (QED) is 0.143. The summed E-state index contributed by atoms with van der Waals surface area (Å²) in [5.41, 5.74) is 12.1. The van der Waals surface area contributed by atoms with E-state index in [0.717, 1.165) is 5.69 Å². The fourth-order valence-electron chi connectivity index (χ4n) is 7.13. The van der Waals surface area contributed by atoms with Gasteiger partial charge in [0.15, 0.2) is 0 Å². The number of aliphatic imine (C=N–C) groups is 1. The Morgan fingerprint density at radius 2 is 1.31 bits per heavy atom. The molecule has 0 unspecified atom stereocenters. The van der Waals surface area contributed by atoms with E-state index >= 15 is 0 Å². The zero-order chi connectivity index (χ0) is 30.7. The molecule has 0 saturated heterocycles. The maximum Gasteiger partial charge on any atom is 0.0766 e. The summed E-state index contributed by atoms with van der Waals surface area (Å²) in [6.07, 6.45) is 7.95. The summed E-state index contributed by atoms with van der Waals surface area (Å²) in [6, 6.07) is 39.9. The number of fused-ring (bicyclic) bond motifs is 7. The zero-order valence-corrected chi connectivity index (χ0v) is 26.0. The zero-order valence-electron chi connectivity index (χ0n) is 26.0. The monoisotopic (exact) mass is 582 g/mol. The first kappa shape index (κ1) is 27.0. The van der Waals surface area contributed by atoms with Crippen LogP contribution in [0.15, 0.2) is 132 Å². The minimum Gasteiger partial charge on any atom is -0.309 e. The molecule has 0 saturated carbocycles. The van der Waals surface area contributed by atoms with E-state index in [4.69, 9.17) is 0 Å². The fourth-order valence-corrected chi connectivity index (χ4v) is 7.13. The normalized spacial score (nSPS) is 12.8. The molecule has 8 rings (SSSR count). The summed E-state index contributed by atoms with van der Waals surface area (Å²) >= 11 is 0. The second-order valence-corrected chi connectivity index (χ2v) is 11.8. The van der Waals surface area contributed by atoms with Crippen LogP contribution >= 0.6 is 0 Å². The molecule has 0 aliphatic heterocycles. The molecular weight excluding hydrogens is 548 g/mol. The number of allylic oxidation sites excluding steroid dienone is 4. The van der Waals surface area contributed by atoms with Gasteiger partial charge in [0.1, 0.15) is 0 Å². The van der Waals surface area contributed by atoms with Crippen molar-refractivity contribution in [3.05, 3.63) is 144 Å². The highest BCUT2D eigenvalue weighted by atomic mass is 15.5. The Balaban J connectivity index is 1.48. The molecule has 8 aromatic rings. The fraction of sp³-hybridized carbons (Fsp3) is 0.0976. The third-order valence-electron chi connectivity index (χ3n) is 9.12. The molecule has 0 bridgehead atoms. The van der Waals surface area contributed by atoms with Gasteiger partial charge >= 0.3 is 0 Å². The topological polar surface area (TPSA) is 27.1 Å². The summed E-state index contributed by atoms with van der Waals surface area (Å²) in [7, 11) is 1.79. The van der Waals surface area contributed by atoms with Crippen LogP contribution in [0.3, 0.4) is 0 Å². The van der Waals surface area contributed by atoms with Gasteiger partial charge in [-0.05, 0) is 80.4 Å². The number of nitrogens with zero attached hydrogens (tertiary/aromatic N) is 4. The maximum absolute atomic E-state index is 4.05. The minimum absolute atomic E-state index is 1.15. The van der Waals surface area contributed by atoms with Crippen molar-refractivity contribution >= 4 is 66.3 Å². The average molecular weight is 583 g/mol. The van der Waals surface area contributed by atoms with E-state index in [1.807, 2.05) is 12.2 Å². The molecule has 218 valence electrons. The first-order valence-electron chi connectivity index (χ1n) is 15.5. The smallest absolute Gasteiger partial charge is 0.0766 e. The lowest BCUT2D eigenvalue weighted by Gasteiger charge is -2.16. The predicted octanol–water partition coefficient (Wildman–Crippen LogP) is 10.4. The molecule has 4 nitrogen and oxygen atoms in total. The van der Waals surface area contributed by atoms with Gasteiger partial charge in [0.05, 0.1) is 27.6 Å². The molecule has 0 radical (unpaired) electrons. The Hall–Kier alpha value is -5.61. The van der Waals surface area contributed by atoms with Gasteiger partial charge in [0.2, 0.25) is 0 Å². The summed E-state index contributed by atoms with van der Waals surface area (Å²) in [5, 5.41) is 6.30. The first-order chi connectivity index (χ1) is 22.1. The van der Waals surface area contributed by atoms with Crippen molar-refractivity contribution in [2.24, 2.45) is 4.99 Å². The van der Waals surface area contributed by atoms with Crippen molar-refractivity contribution in [2.75, 3.05) is 7.05 Å². The first-order valence-corrected chi connectivity index (χ1v) is 15.5. The van der Waals surface area contributed by atoms with Crippen LogP contribution in [0.2, 0.25) is 0 Å². The molecule has 0 atom stereocenters. The van der Waals surface area contributed by atoms with Crippen LogP contribution in [0.5, 0.6) is 0 Å². The summed E-state index contributed by atoms with van der Waals surface area (Å²) in [6.45, 7) is 6.66. The average Bonchev–Trinajstić information content (AvgIpc) is 3.70. The third kappa shape index (κ3) is 4.10. The lowest BCUT2D eigenvalue weighted by Crippen LogP contribution is -2.11. The Labute approximate surface area is 262 Å². The number of hydrogen-bond acceptors (Lipinski definition) is 1. The van der Waals surface area contributed by atoms with Crippen molar-refractivity contribution in [1.82, 2.24) is 13.9 Å². The van der Waals surface area contributed by atoms with Crippen molar-refractivity contribution in [3.8, 4) is 5.69 Å². The van der Waals surface area contributed by atoms with Crippen LogP contribution in [-0.2, 0) is 0 Å². The molecule has 45 heavy (non-hydrogen) atoms. The number of aryl methyl sites for hydroxylation is 2. The largest absolute Gasteiger partial charge is 0.309 e. The van der Waals surface area contributed by atoms with E-state index in [1.54, 1.807) is 13.3 Å². The number of para-hydroxylation sites is 3. The molecule has 5 aromatic carbocycles. The summed E-state index contributed by atoms with van der Waals surface area (Å²) < 4.78 is 7.28. The third-order valence-corrected chi connectivity index (χ3v) is 9.12. The van der Waals surface area contributed by atoms with Crippen LogP contribution in [-0.4, -0.2) is 27.2 Å². The second-order valence-electron chi connectivity index (χ2n) is 11.8. The molecule has 0 N–H and O–H groups in total. The lowest BCUT2D eigenvalue weighted by atomic mass is 10.0. The van der Waals surface area contributed by atoms with E-state index in [1.165, 1.54) is 76.9 Å². The predicted molar refractivity (Wildman–Crippen MR) is 193 cm³/mol. The van der Waals surface area contributed by atoms with Gasteiger partial charge in [-0.25, -0.2) is 4.68 Å². The van der Waals surface area contributed by atoms with Crippen LogP contribution in [0.1, 0.15) is 23.7 Å². The maximum atomic E-state index is 4.05. The Kier molecular flexibility index (Phi) is 6.31. The molecule has 4 heteroatoms. The Morgan fingerprint density at radius 1 is 0.622 bits per heavy atom. The van der Waals surface area contributed by atoms with E-state index in [9.17, 15) is 0 Å². The van der Waals surface area contributed by atoms with Gasteiger partial charge in [0.25, 0.3) is 0 Å². The summed E-state index contributed by atoms with van der Waals surface area (Å²) in [5.74, 6) is 0. The minimum atomic E-state index is 1.15. The van der Waals surface area contributed by atoms with Crippen molar-refractivity contribution in [2.45, 2.75) is 20.8 Å². The molecule has 0 amide bonds. The number of benzene rings is 5. The summed E-state index contributed by atoms with van der Waals surface area (Å²) in [4.78, 5) is 4.05. The SMILES string of the molecule is C/N=C/C=C\C=C(/C)c1cccc(-n2c3ccccc3c3cc4c5ccccc5n(-n5c(C)cc6ccccc65)c4c(C)c32)c1. The molecule has 0 aliphatic rings. The van der Waals surface area contributed by atoms with Gasteiger partial charge in [-0.3, -0.25) is 9.67 Å². The highest BCUT2D eigenvalue weighted by Crippen LogP contribution is 2.42. The van der Waals surface area contributed by atoms with Crippen LogP contribution in [0.4, 0.5) is 0 Å². The molecule has 0 spiro atoms. The van der Waals surface area contributed by atoms with Crippen LogP contribution < -0.4 is 0 Å². The van der Waals surface area contributed by atoms with Crippen molar-refractivity contribution in [1.29, 1.82) is 0 Å². The standard InChI is InChI=1S/C41H34N4/c1-27(14-11-12-23-42-4)30-16-13-17-32(25-30)43-38-21-9-6-18-33(38)35-26-36-34-19-7-10-22-39(34)45(41(36)29(3)40(35)43)44-28(2)24-31-15-5-8-20-37(31)44/h5-26H,1-4H3/b12-11-,27-14+,42-23+. The van der Waals surface area contributed by atoms with Gasteiger partial charge < -0.3 is 4.57 Å². The van der Waals surface area contributed by atoms with Crippen molar-refractivity contribution < 1.29 is 0 Å². The van der Waals surface area contributed by atoms with E-state index in [0.29, 0.717) is 0 Å². The molecule has 3 heterocycles. The van der Waals surface area contributed by atoms with Gasteiger partial charge in [-0.1, -0.05) is 78.9 Å². The van der Waals surface area contributed by atoms with E-state index in [-0.39, 0.29) is 0 Å². The molecule has 0 fully saturated rings. The Morgan fingerprint density at radius 3 is 2.11 bits per heavy atom. The van der Waals surface area contributed by atoms with E-state index in [2.05, 4.69) is 155 Å². The molecule has 0 aliphatic carbocycles. The van der Waals surface area contributed by atoms with Crippen LogP contribution in [0.25, 0.3) is 65.8 Å². The van der Waals surface area contributed by atoms with Crippen LogP contribution in [0, 0.1) is 13.8 Å². The van der Waals surface area contributed by atoms with Gasteiger partial charge in [-0.15, -0.1) is 0 Å². The highest BCUT2D eigenvalue weighted by Gasteiger charge is 2.22. The Bertz CT molecular complexity index is 2530. The number of rotatable bonds is 5. The second kappa shape index (κ2) is 10.5. The van der Waals surface area contributed by atoms with E-state index < -0.39 is 0 Å². The van der Waals surface area contributed by atoms with Gasteiger partial charge in [-0.2, -0.15) is 0 Å². The highest BCUT2D eigenvalue weighted by molar-refractivity contribution is 6.20. The van der Waals surface area contributed by atoms with Crippen molar-refractivity contribution in [3.63, 3.8) is 0 Å². The molecule has 3 aromatic heterocycles. The number of aromatic nitrogens is 3.